The average molecular weight is 374 g/mol. The van der Waals surface area contributed by atoms with Gasteiger partial charge in [-0.25, -0.2) is 0 Å². The van der Waals surface area contributed by atoms with Gasteiger partial charge in [-0.2, -0.15) is 0 Å². The Hall–Kier alpha value is -0.946. The molecule has 0 amide bonds. The van der Waals surface area contributed by atoms with E-state index in [4.69, 9.17) is 32.6 Å². The van der Waals surface area contributed by atoms with Gasteiger partial charge < -0.3 is 32.6 Å². The van der Waals surface area contributed by atoms with Gasteiger partial charge >= 0.3 is 17.4 Å². The Morgan fingerprint density at radius 3 is 2.54 bits per heavy atom. The van der Waals surface area contributed by atoms with E-state index in [-0.39, 0.29) is 6.23 Å². The van der Waals surface area contributed by atoms with Crippen molar-refractivity contribution in [3.63, 3.8) is 0 Å². The van der Waals surface area contributed by atoms with Crippen LogP contribution in [0.15, 0.2) is 18.2 Å². The zero-order valence-electron chi connectivity index (χ0n) is 14.8. The minimum Gasteiger partial charge on any atom is -0.520 e. The Labute approximate surface area is 145 Å². The Morgan fingerprint density at radius 1 is 1.21 bits per heavy atom. The molecule has 2 rings (SSSR count). The number of hydrogen-bond acceptors (Lipinski definition) is 7. The van der Waals surface area contributed by atoms with Crippen molar-refractivity contribution in [2.75, 3.05) is 34.1 Å². The number of ether oxygens (including phenoxy) is 1. The maximum absolute atomic E-state index is 6.13. The van der Waals surface area contributed by atoms with E-state index < -0.39 is 17.4 Å². The largest absolute Gasteiger partial charge is 0.539 e. The summed E-state index contributed by atoms with van der Waals surface area (Å²) in [6.07, 6.45) is 1.15. The van der Waals surface area contributed by atoms with Gasteiger partial charge in [0.15, 0.2) is 6.23 Å². The van der Waals surface area contributed by atoms with Gasteiger partial charge in [-0.05, 0) is 37.7 Å². The molecule has 1 atom stereocenters. The maximum Gasteiger partial charge on any atom is 0.539 e. The van der Waals surface area contributed by atoms with Crippen molar-refractivity contribution < 1.29 is 26.9 Å². The lowest BCUT2D eigenvalue weighted by Gasteiger charge is -2.33. The van der Waals surface area contributed by atoms with Crippen LogP contribution in [0.4, 0.5) is 0 Å². The fourth-order valence-electron chi connectivity index (χ4n) is 2.50. The third-order valence-corrected chi connectivity index (χ3v) is 9.11. The molecule has 136 valence electrons. The molecule has 7 nitrogen and oxygen atoms in total. The van der Waals surface area contributed by atoms with Crippen molar-refractivity contribution in [2.45, 2.75) is 25.6 Å². The van der Waals surface area contributed by atoms with Gasteiger partial charge in [-0.3, -0.25) is 0 Å². The topological polar surface area (TPSA) is 81.4 Å². The molecule has 1 aromatic carbocycles. The fraction of sp³-hybridized carbons (Fsp3) is 0.600. The highest BCUT2D eigenvalue weighted by atomic mass is 28.4. The fourth-order valence-corrected chi connectivity index (χ4v) is 5.97. The highest BCUT2D eigenvalue weighted by molar-refractivity contribution is 6.67. The first-order valence-corrected chi connectivity index (χ1v) is 12.4. The molecule has 9 heteroatoms. The summed E-state index contributed by atoms with van der Waals surface area (Å²) in [4.78, 5) is 0. The number of nitrogens with two attached hydrogens (primary N) is 1. The first-order valence-electron chi connectivity index (χ1n) is 7.94. The normalized spacial score (nSPS) is 20.4. The van der Waals surface area contributed by atoms with Crippen LogP contribution in [0.5, 0.6) is 11.5 Å². The van der Waals surface area contributed by atoms with Crippen LogP contribution in [0.3, 0.4) is 0 Å². The van der Waals surface area contributed by atoms with E-state index in [2.05, 4.69) is 6.55 Å². The van der Waals surface area contributed by atoms with Crippen molar-refractivity contribution in [2.24, 2.45) is 5.73 Å². The van der Waals surface area contributed by atoms with E-state index in [0.29, 0.717) is 18.9 Å². The second-order valence-electron chi connectivity index (χ2n) is 5.77. The molecule has 0 saturated heterocycles. The zero-order valence-corrected chi connectivity index (χ0v) is 16.8. The number of fused-ring (bicyclic) bond motifs is 1. The van der Waals surface area contributed by atoms with Crippen LogP contribution in [0.1, 0.15) is 12.0 Å². The summed E-state index contributed by atoms with van der Waals surface area (Å²) in [5, 5.41) is 0. The summed E-state index contributed by atoms with van der Waals surface area (Å²) < 4.78 is 34.0. The highest BCUT2D eigenvalue weighted by Gasteiger charge is 2.40. The molecular formula is C15H27NO6Si2. The second-order valence-corrected chi connectivity index (χ2v) is 11.9. The maximum atomic E-state index is 6.13. The lowest BCUT2D eigenvalue weighted by molar-refractivity contribution is 0.100. The van der Waals surface area contributed by atoms with Crippen LogP contribution in [0, 0.1) is 0 Å². The zero-order chi connectivity index (χ0) is 17.6. The van der Waals surface area contributed by atoms with Gasteiger partial charge in [-0.15, -0.1) is 0 Å². The lowest BCUT2D eigenvalue weighted by atomic mass is 10.2. The molecule has 0 saturated carbocycles. The molecule has 24 heavy (non-hydrogen) atoms. The van der Waals surface area contributed by atoms with Gasteiger partial charge in [0.1, 0.15) is 11.5 Å². The molecule has 0 aromatic heterocycles. The van der Waals surface area contributed by atoms with Crippen molar-refractivity contribution in [3.8, 4) is 11.5 Å². The summed E-state index contributed by atoms with van der Waals surface area (Å²) in [6, 6.07) is 6.62. The number of benzene rings is 1. The molecule has 0 fully saturated rings. The quantitative estimate of drug-likeness (QED) is 0.661. The average Bonchev–Trinajstić information content (AvgIpc) is 2.62. The third kappa shape index (κ3) is 4.57. The van der Waals surface area contributed by atoms with E-state index in [1.807, 2.05) is 18.2 Å². The summed E-state index contributed by atoms with van der Waals surface area (Å²) in [5.41, 5.74) is 6.57. The Bertz CT molecular complexity index is 534. The summed E-state index contributed by atoms with van der Waals surface area (Å²) in [5.74, 6) is 1.57. The molecule has 2 N–H and O–H groups in total. The predicted molar refractivity (Wildman–Crippen MR) is 94.2 cm³/mol. The second kappa shape index (κ2) is 8.43. The van der Waals surface area contributed by atoms with Crippen LogP contribution in [0.25, 0.3) is 0 Å². The summed E-state index contributed by atoms with van der Waals surface area (Å²) in [6.45, 7) is 3.26. The molecule has 1 unspecified atom stereocenters. The van der Waals surface area contributed by atoms with Gasteiger partial charge in [0.2, 0.25) is 0 Å². The van der Waals surface area contributed by atoms with Gasteiger partial charge in [0.25, 0.3) is 0 Å². The van der Waals surface area contributed by atoms with Crippen LogP contribution < -0.4 is 14.9 Å². The van der Waals surface area contributed by atoms with Crippen molar-refractivity contribution >= 4 is 17.4 Å². The Balaban J connectivity index is 2.03. The van der Waals surface area contributed by atoms with Gasteiger partial charge in [-0.1, -0.05) is 0 Å². The summed E-state index contributed by atoms with van der Waals surface area (Å²) >= 11 is 0. The molecule has 0 aliphatic carbocycles. The molecule has 1 heterocycles. The SMILES string of the molecule is CO[Si](COc1ccc2c(c1)CO[Si](C)(CCCN)O2)(OC)OC. The summed E-state index contributed by atoms with van der Waals surface area (Å²) in [7, 11) is -0.251. The minimum absolute atomic E-state index is 0.236. The Morgan fingerprint density at radius 2 is 1.92 bits per heavy atom. The highest BCUT2D eigenvalue weighted by Crippen LogP contribution is 2.34. The number of hydrogen-bond donors (Lipinski definition) is 1. The smallest absolute Gasteiger partial charge is 0.520 e. The van der Waals surface area contributed by atoms with Gasteiger partial charge in [0, 0.05) is 32.9 Å². The molecule has 1 aliphatic rings. The first kappa shape index (κ1) is 19.4. The van der Waals surface area contributed by atoms with Crippen LogP contribution >= 0.6 is 0 Å². The van der Waals surface area contributed by atoms with Crippen molar-refractivity contribution in [1.29, 1.82) is 0 Å². The van der Waals surface area contributed by atoms with E-state index in [9.17, 15) is 0 Å². The Kier molecular flexibility index (Phi) is 6.81. The van der Waals surface area contributed by atoms with E-state index in [1.165, 1.54) is 0 Å². The van der Waals surface area contributed by atoms with E-state index >= 15 is 0 Å². The molecule has 1 aliphatic heterocycles. The third-order valence-electron chi connectivity index (χ3n) is 4.07. The van der Waals surface area contributed by atoms with Crippen LogP contribution in [0.2, 0.25) is 12.6 Å². The minimum atomic E-state index is -2.76. The van der Waals surface area contributed by atoms with E-state index in [0.717, 1.165) is 23.8 Å². The van der Waals surface area contributed by atoms with Crippen molar-refractivity contribution in [1.82, 2.24) is 0 Å². The molecule has 1 aromatic rings. The van der Waals surface area contributed by atoms with Crippen LogP contribution in [-0.4, -0.2) is 51.5 Å². The molecular weight excluding hydrogens is 346 g/mol. The van der Waals surface area contributed by atoms with Crippen LogP contribution in [-0.2, 0) is 24.3 Å². The number of rotatable bonds is 9. The molecule has 0 bridgehead atoms. The molecule has 0 spiro atoms. The predicted octanol–water partition coefficient (Wildman–Crippen LogP) is 1.81. The van der Waals surface area contributed by atoms with E-state index in [1.54, 1.807) is 21.3 Å². The van der Waals surface area contributed by atoms with Gasteiger partial charge in [0.05, 0.1) is 6.61 Å². The monoisotopic (exact) mass is 373 g/mol. The lowest BCUT2D eigenvalue weighted by Crippen LogP contribution is -2.49. The first-order chi connectivity index (χ1) is 11.5. The van der Waals surface area contributed by atoms with Crippen molar-refractivity contribution in [3.05, 3.63) is 23.8 Å². The standard InChI is InChI=1S/C15H27NO6Si2/c1-17-24(18-2,19-3)12-20-14-6-7-15-13(10-14)11-21-23(4,22-15)9-5-8-16/h6-7,10H,5,8-9,11-12,16H2,1-4H3. The molecule has 0 radical (unpaired) electrons.